The monoisotopic (exact) mass is 211 g/mol. The Bertz CT molecular complexity index is 521. The second kappa shape index (κ2) is 2.95. The van der Waals surface area contributed by atoms with E-state index in [0.29, 0.717) is 5.65 Å². The van der Waals surface area contributed by atoms with Crippen LogP contribution in [0.4, 0.5) is 5.82 Å². The van der Waals surface area contributed by atoms with Crippen LogP contribution in [0, 0.1) is 17.0 Å². The molecule has 14 heavy (non-hydrogen) atoms. The molecule has 0 saturated carbocycles. The quantitative estimate of drug-likeness (QED) is 0.537. The molecule has 0 bridgehead atoms. The van der Waals surface area contributed by atoms with Gasteiger partial charge in [-0.3, -0.25) is 0 Å². The van der Waals surface area contributed by atoms with Crippen LogP contribution in [0.25, 0.3) is 5.65 Å². The van der Waals surface area contributed by atoms with Crippen molar-refractivity contribution in [2.45, 2.75) is 6.92 Å². The molecule has 2 heterocycles. The molecule has 0 atom stereocenters. The Labute approximate surface area is 84.1 Å². The number of nitro groups is 1. The average Bonchev–Trinajstić information content (AvgIpc) is 2.42. The first-order valence-electron chi connectivity index (χ1n) is 3.89. The molecule has 5 nitrogen and oxygen atoms in total. The summed E-state index contributed by atoms with van der Waals surface area (Å²) < 4.78 is 1.42. The maximum Gasteiger partial charge on any atom is 0.367 e. The molecule has 2 rings (SSSR count). The molecule has 0 aromatic carbocycles. The fourth-order valence-corrected chi connectivity index (χ4v) is 1.61. The van der Waals surface area contributed by atoms with Crippen molar-refractivity contribution in [2.75, 3.05) is 0 Å². The zero-order chi connectivity index (χ0) is 10.3. The molecule has 0 fully saturated rings. The van der Waals surface area contributed by atoms with E-state index < -0.39 is 4.92 Å². The Balaban J connectivity index is 2.93. The Hall–Kier alpha value is -1.62. The number of halogens is 1. The first-order valence-corrected chi connectivity index (χ1v) is 4.27. The summed E-state index contributed by atoms with van der Waals surface area (Å²) in [5.41, 5.74) is 1.22. The van der Waals surface area contributed by atoms with Crippen molar-refractivity contribution >= 4 is 23.1 Å². The molecule has 0 radical (unpaired) electrons. The number of nitrogens with zero attached hydrogens (tertiary/aromatic N) is 3. The van der Waals surface area contributed by atoms with Gasteiger partial charge >= 0.3 is 5.82 Å². The van der Waals surface area contributed by atoms with Gasteiger partial charge in [-0.25, -0.2) is 0 Å². The number of hydrogen-bond donors (Lipinski definition) is 0. The van der Waals surface area contributed by atoms with E-state index in [1.165, 1.54) is 4.40 Å². The fraction of sp³-hybridized carbons (Fsp3) is 0.125. The maximum absolute atomic E-state index is 10.7. The van der Waals surface area contributed by atoms with Crippen LogP contribution in [0.1, 0.15) is 5.69 Å². The number of rotatable bonds is 1. The molecule has 0 aliphatic heterocycles. The molecular formula is C8H6ClN3O2. The number of pyridine rings is 1. The van der Waals surface area contributed by atoms with Crippen molar-refractivity contribution in [1.29, 1.82) is 0 Å². The van der Waals surface area contributed by atoms with E-state index in [2.05, 4.69) is 4.98 Å². The molecule has 2 aromatic rings. The molecular weight excluding hydrogens is 206 g/mol. The molecule has 6 heteroatoms. The summed E-state index contributed by atoms with van der Waals surface area (Å²) in [4.78, 5) is 14.1. The van der Waals surface area contributed by atoms with Crippen LogP contribution < -0.4 is 0 Å². The number of aryl methyl sites for hydroxylation is 1. The van der Waals surface area contributed by atoms with Gasteiger partial charge in [-0.05, 0) is 17.9 Å². The van der Waals surface area contributed by atoms with Crippen molar-refractivity contribution in [1.82, 2.24) is 9.38 Å². The first-order chi connectivity index (χ1) is 6.61. The van der Waals surface area contributed by atoms with E-state index >= 15 is 0 Å². The Morgan fingerprint density at radius 1 is 1.57 bits per heavy atom. The van der Waals surface area contributed by atoms with Crippen molar-refractivity contribution in [2.24, 2.45) is 0 Å². The van der Waals surface area contributed by atoms with E-state index in [0.717, 1.165) is 5.69 Å². The largest absolute Gasteiger partial charge is 0.367 e. The highest BCUT2D eigenvalue weighted by atomic mass is 35.5. The van der Waals surface area contributed by atoms with Crippen LogP contribution in [0.15, 0.2) is 18.2 Å². The number of aromatic nitrogens is 2. The summed E-state index contributed by atoms with van der Waals surface area (Å²) in [6.45, 7) is 1.76. The SMILES string of the molecule is Cc1cccc2nc(Cl)c([N+](=O)[O-])n12. The van der Waals surface area contributed by atoms with E-state index in [4.69, 9.17) is 11.6 Å². The van der Waals surface area contributed by atoms with Crippen molar-refractivity contribution < 1.29 is 4.92 Å². The maximum atomic E-state index is 10.7. The normalized spacial score (nSPS) is 10.7. The van der Waals surface area contributed by atoms with Crippen LogP contribution in [0.5, 0.6) is 0 Å². The van der Waals surface area contributed by atoms with Crippen LogP contribution in [0.3, 0.4) is 0 Å². The molecule has 72 valence electrons. The second-order valence-corrected chi connectivity index (χ2v) is 3.20. The predicted octanol–water partition coefficient (Wildman–Crippen LogP) is 2.20. The lowest BCUT2D eigenvalue weighted by Crippen LogP contribution is -1.97. The molecule has 0 spiro atoms. The van der Waals surface area contributed by atoms with Crippen LogP contribution >= 0.6 is 11.6 Å². The van der Waals surface area contributed by atoms with Crippen LogP contribution in [-0.4, -0.2) is 14.3 Å². The van der Waals surface area contributed by atoms with Crippen molar-refractivity contribution in [3.05, 3.63) is 39.2 Å². The van der Waals surface area contributed by atoms with Gasteiger partial charge in [0.25, 0.3) is 0 Å². The zero-order valence-electron chi connectivity index (χ0n) is 7.27. The smallest absolute Gasteiger partial charge is 0.358 e. The Morgan fingerprint density at radius 3 is 2.93 bits per heavy atom. The van der Waals surface area contributed by atoms with Gasteiger partial charge in [0.1, 0.15) is 5.69 Å². The lowest BCUT2D eigenvalue weighted by Gasteiger charge is -1.96. The van der Waals surface area contributed by atoms with Gasteiger partial charge in [-0.1, -0.05) is 17.7 Å². The number of fused-ring (bicyclic) bond motifs is 1. The molecule has 0 saturated heterocycles. The molecule has 0 unspecified atom stereocenters. The minimum absolute atomic E-state index is 0.0794. The van der Waals surface area contributed by atoms with Crippen LogP contribution in [0.2, 0.25) is 5.15 Å². The summed E-state index contributed by atoms with van der Waals surface area (Å²) >= 11 is 5.66. The van der Waals surface area contributed by atoms with Gasteiger partial charge < -0.3 is 10.1 Å². The minimum Gasteiger partial charge on any atom is -0.358 e. The topological polar surface area (TPSA) is 60.4 Å². The minimum atomic E-state index is -0.532. The molecule has 2 aromatic heterocycles. The lowest BCUT2D eigenvalue weighted by molar-refractivity contribution is -0.390. The third kappa shape index (κ3) is 1.13. The van der Waals surface area contributed by atoms with Crippen molar-refractivity contribution in [3.8, 4) is 0 Å². The third-order valence-electron chi connectivity index (χ3n) is 1.95. The van der Waals surface area contributed by atoms with E-state index in [9.17, 15) is 10.1 Å². The third-order valence-corrected chi connectivity index (χ3v) is 2.20. The highest BCUT2D eigenvalue weighted by molar-refractivity contribution is 6.31. The molecule has 0 amide bonds. The highest BCUT2D eigenvalue weighted by Crippen LogP contribution is 2.25. The van der Waals surface area contributed by atoms with E-state index in [1.54, 1.807) is 25.1 Å². The fourth-order valence-electron chi connectivity index (χ4n) is 1.37. The van der Waals surface area contributed by atoms with Gasteiger partial charge in [0.2, 0.25) is 10.8 Å². The summed E-state index contributed by atoms with van der Waals surface area (Å²) in [7, 11) is 0. The lowest BCUT2D eigenvalue weighted by atomic mass is 10.4. The van der Waals surface area contributed by atoms with E-state index in [-0.39, 0.29) is 11.0 Å². The standard InChI is InChI=1S/C8H6ClN3O2/c1-5-3-2-4-6-10-7(9)8(11(5)6)12(13)14/h2-4H,1H3. The number of hydrogen-bond acceptors (Lipinski definition) is 3. The van der Waals surface area contributed by atoms with Crippen molar-refractivity contribution in [3.63, 3.8) is 0 Å². The second-order valence-electron chi connectivity index (χ2n) is 2.84. The Morgan fingerprint density at radius 2 is 2.29 bits per heavy atom. The average molecular weight is 212 g/mol. The number of imidazole rings is 1. The summed E-state index contributed by atoms with van der Waals surface area (Å²) in [5, 5.41) is 10.6. The van der Waals surface area contributed by atoms with Gasteiger partial charge in [0, 0.05) is 6.07 Å². The summed E-state index contributed by atoms with van der Waals surface area (Å²) in [6, 6.07) is 5.21. The zero-order valence-corrected chi connectivity index (χ0v) is 8.02. The summed E-state index contributed by atoms with van der Waals surface area (Å²) in [5.74, 6) is -0.181. The predicted molar refractivity (Wildman–Crippen MR) is 51.6 cm³/mol. The Kier molecular flexibility index (Phi) is 1.89. The van der Waals surface area contributed by atoms with Gasteiger partial charge in [0.05, 0.1) is 0 Å². The molecule has 0 N–H and O–H groups in total. The van der Waals surface area contributed by atoms with Gasteiger partial charge in [-0.15, -0.1) is 0 Å². The molecule has 0 aliphatic rings. The first kappa shape index (κ1) is 8.96. The van der Waals surface area contributed by atoms with Crippen LogP contribution in [-0.2, 0) is 0 Å². The van der Waals surface area contributed by atoms with E-state index in [1.807, 2.05) is 0 Å². The van der Waals surface area contributed by atoms with Gasteiger partial charge in [0.15, 0.2) is 0 Å². The summed E-state index contributed by atoms with van der Waals surface area (Å²) in [6.07, 6.45) is 0. The molecule has 0 aliphatic carbocycles. The van der Waals surface area contributed by atoms with Gasteiger partial charge in [-0.2, -0.15) is 9.38 Å². The highest BCUT2D eigenvalue weighted by Gasteiger charge is 2.21.